The lowest BCUT2D eigenvalue weighted by molar-refractivity contribution is 0.566. The summed E-state index contributed by atoms with van der Waals surface area (Å²) in [7, 11) is 0. The summed E-state index contributed by atoms with van der Waals surface area (Å²) in [4.78, 5) is 26.8. The number of hydrogen-bond donors (Lipinski definition) is 0. The van der Waals surface area contributed by atoms with Crippen molar-refractivity contribution in [2.45, 2.75) is 6.54 Å². The van der Waals surface area contributed by atoms with Gasteiger partial charge in [-0.15, -0.1) is 0 Å². The number of rotatable bonds is 4. The Balaban J connectivity index is 1.84. The summed E-state index contributed by atoms with van der Waals surface area (Å²) >= 11 is 0. The molecule has 25 heavy (non-hydrogen) atoms. The Labute approximate surface area is 143 Å². The Morgan fingerprint density at radius 2 is 1.84 bits per heavy atom. The van der Waals surface area contributed by atoms with Gasteiger partial charge in [0.1, 0.15) is 5.58 Å². The molecule has 0 aliphatic rings. The number of anilines is 2. The van der Waals surface area contributed by atoms with Crippen LogP contribution >= 0.6 is 0 Å². The van der Waals surface area contributed by atoms with E-state index in [-0.39, 0.29) is 11.6 Å². The van der Waals surface area contributed by atoms with Gasteiger partial charge in [0.25, 0.3) is 5.56 Å². The minimum atomic E-state index is -0.327. The van der Waals surface area contributed by atoms with Gasteiger partial charge in [-0.25, -0.2) is 0 Å². The molecule has 122 valence electrons. The highest BCUT2D eigenvalue weighted by Crippen LogP contribution is 2.26. The van der Waals surface area contributed by atoms with E-state index in [1.165, 1.54) is 0 Å². The van der Waals surface area contributed by atoms with Crippen LogP contribution in [0.2, 0.25) is 0 Å². The minimum Gasteiger partial charge on any atom is -0.425 e. The first-order valence-electron chi connectivity index (χ1n) is 7.78. The second-order valence-electron chi connectivity index (χ2n) is 5.42. The molecule has 0 fully saturated rings. The van der Waals surface area contributed by atoms with Crippen LogP contribution in [0.15, 0.2) is 82.4 Å². The number of benzene rings is 1. The molecule has 0 atom stereocenters. The summed E-state index contributed by atoms with van der Waals surface area (Å²) < 4.78 is 5.89. The first kappa shape index (κ1) is 15.0. The quantitative estimate of drug-likeness (QED) is 0.571. The molecule has 0 spiro atoms. The third-order valence-corrected chi connectivity index (χ3v) is 3.75. The summed E-state index contributed by atoms with van der Waals surface area (Å²) in [6, 6.07) is 16.6. The SMILES string of the molecule is O=c1nc(N(Cc2ccccn2)c2cccnc2)oc2ccccc12. The lowest BCUT2D eigenvalue weighted by Gasteiger charge is -2.21. The molecule has 6 heteroatoms. The molecular formula is C19H14N4O2. The summed E-state index contributed by atoms with van der Waals surface area (Å²) in [5.41, 5.74) is 1.75. The molecule has 0 saturated heterocycles. The lowest BCUT2D eigenvalue weighted by atomic mass is 10.2. The fourth-order valence-corrected chi connectivity index (χ4v) is 2.55. The molecule has 3 heterocycles. The second kappa shape index (κ2) is 6.52. The minimum absolute atomic E-state index is 0.211. The number of nitrogens with zero attached hydrogens (tertiary/aromatic N) is 4. The fraction of sp³-hybridized carbons (Fsp3) is 0.0526. The second-order valence-corrected chi connectivity index (χ2v) is 5.42. The zero-order chi connectivity index (χ0) is 17.1. The molecule has 0 radical (unpaired) electrons. The Kier molecular flexibility index (Phi) is 3.92. The molecule has 1 aromatic carbocycles. The maximum atomic E-state index is 12.4. The molecular weight excluding hydrogens is 316 g/mol. The van der Waals surface area contributed by atoms with Crippen LogP contribution < -0.4 is 10.5 Å². The largest absolute Gasteiger partial charge is 0.425 e. The van der Waals surface area contributed by atoms with E-state index < -0.39 is 0 Å². The third-order valence-electron chi connectivity index (χ3n) is 3.75. The van der Waals surface area contributed by atoms with Crippen molar-refractivity contribution in [3.63, 3.8) is 0 Å². The van der Waals surface area contributed by atoms with Gasteiger partial charge in [-0.05, 0) is 36.4 Å². The summed E-state index contributed by atoms with van der Waals surface area (Å²) in [5, 5.41) is 0.454. The summed E-state index contributed by atoms with van der Waals surface area (Å²) in [6.07, 6.45) is 5.10. The normalized spacial score (nSPS) is 10.7. The summed E-state index contributed by atoms with van der Waals surface area (Å²) in [5.74, 6) is 0. The highest BCUT2D eigenvalue weighted by atomic mass is 16.4. The lowest BCUT2D eigenvalue weighted by Crippen LogP contribution is -2.21. The van der Waals surface area contributed by atoms with Crippen molar-refractivity contribution in [2.24, 2.45) is 0 Å². The molecule has 0 bridgehead atoms. The van der Waals surface area contributed by atoms with E-state index in [4.69, 9.17) is 4.42 Å². The number of aromatic nitrogens is 3. The van der Waals surface area contributed by atoms with E-state index >= 15 is 0 Å². The highest BCUT2D eigenvalue weighted by Gasteiger charge is 2.17. The molecule has 0 saturated carbocycles. The van der Waals surface area contributed by atoms with E-state index in [9.17, 15) is 4.79 Å². The Morgan fingerprint density at radius 1 is 0.960 bits per heavy atom. The van der Waals surface area contributed by atoms with Crippen LogP contribution in [0.1, 0.15) is 5.69 Å². The van der Waals surface area contributed by atoms with Crippen molar-refractivity contribution >= 4 is 22.7 Å². The molecule has 6 nitrogen and oxygen atoms in total. The average molecular weight is 330 g/mol. The first-order chi connectivity index (χ1) is 12.3. The Hall–Kier alpha value is -3.54. The number of pyridine rings is 2. The zero-order valence-electron chi connectivity index (χ0n) is 13.2. The van der Waals surface area contributed by atoms with Gasteiger partial charge in [0.2, 0.25) is 0 Å². The van der Waals surface area contributed by atoms with Crippen LogP contribution in [0.3, 0.4) is 0 Å². The standard InChI is InChI=1S/C19H14N4O2/c24-18-16-8-1-2-9-17(16)25-19(22-18)23(15-7-5-10-20-12-15)13-14-6-3-4-11-21-14/h1-12H,13H2. The van der Waals surface area contributed by atoms with Gasteiger partial charge in [0, 0.05) is 12.4 Å². The molecule has 0 aliphatic heterocycles. The predicted molar refractivity (Wildman–Crippen MR) is 94.6 cm³/mol. The maximum Gasteiger partial charge on any atom is 0.306 e. The summed E-state index contributed by atoms with van der Waals surface area (Å²) in [6.45, 7) is 0.404. The van der Waals surface area contributed by atoms with Crippen molar-refractivity contribution in [3.05, 3.63) is 89.2 Å². The number of fused-ring (bicyclic) bond motifs is 1. The van der Waals surface area contributed by atoms with Gasteiger partial charge in [-0.2, -0.15) is 4.98 Å². The molecule has 0 amide bonds. The third kappa shape index (κ3) is 3.10. The van der Waals surface area contributed by atoms with Crippen molar-refractivity contribution in [1.82, 2.24) is 15.0 Å². The van der Waals surface area contributed by atoms with Crippen LogP contribution in [-0.4, -0.2) is 15.0 Å². The van der Waals surface area contributed by atoms with Crippen molar-refractivity contribution < 1.29 is 4.42 Å². The van der Waals surface area contributed by atoms with Crippen LogP contribution in [0.4, 0.5) is 11.7 Å². The van der Waals surface area contributed by atoms with Gasteiger partial charge in [-0.3, -0.25) is 19.7 Å². The van der Waals surface area contributed by atoms with Crippen LogP contribution in [0.25, 0.3) is 11.0 Å². The fourth-order valence-electron chi connectivity index (χ4n) is 2.55. The molecule has 0 aliphatic carbocycles. The van der Waals surface area contributed by atoms with Gasteiger partial charge in [-0.1, -0.05) is 18.2 Å². The number of hydrogen-bond acceptors (Lipinski definition) is 6. The topological polar surface area (TPSA) is 72.1 Å². The van der Waals surface area contributed by atoms with Crippen LogP contribution in [-0.2, 0) is 6.54 Å². The van der Waals surface area contributed by atoms with Gasteiger partial charge in [0.05, 0.1) is 29.5 Å². The van der Waals surface area contributed by atoms with E-state index in [0.717, 1.165) is 11.4 Å². The van der Waals surface area contributed by atoms with Crippen LogP contribution in [0, 0.1) is 0 Å². The number of para-hydroxylation sites is 1. The van der Waals surface area contributed by atoms with Crippen molar-refractivity contribution in [1.29, 1.82) is 0 Å². The monoisotopic (exact) mass is 330 g/mol. The van der Waals surface area contributed by atoms with E-state index in [1.54, 1.807) is 41.7 Å². The van der Waals surface area contributed by atoms with E-state index in [2.05, 4.69) is 15.0 Å². The van der Waals surface area contributed by atoms with E-state index in [1.807, 2.05) is 36.4 Å². The predicted octanol–water partition coefficient (Wildman–Crippen LogP) is 3.32. The van der Waals surface area contributed by atoms with Crippen LogP contribution in [0.5, 0.6) is 0 Å². The van der Waals surface area contributed by atoms with Crippen molar-refractivity contribution in [2.75, 3.05) is 4.90 Å². The molecule has 0 unspecified atom stereocenters. The smallest absolute Gasteiger partial charge is 0.306 e. The zero-order valence-corrected chi connectivity index (χ0v) is 13.2. The van der Waals surface area contributed by atoms with Gasteiger partial charge < -0.3 is 4.42 Å². The molecule has 4 aromatic rings. The Morgan fingerprint density at radius 3 is 2.64 bits per heavy atom. The molecule has 3 aromatic heterocycles. The van der Waals surface area contributed by atoms with Gasteiger partial charge >= 0.3 is 6.01 Å². The maximum absolute atomic E-state index is 12.4. The molecule has 0 N–H and O–H groups in total. The van der Waals surface area contributed by atoms with Gasteiger partial charge in [0.15, 0.2) is 0 Å². The van der Waals surface area contributed by atoms with Crippen molar-refractivity contribution in [3.8, 4) is 0 Å². The van der Waals surface area contributed by atoms with E-state index in [0.29, 0.717) is 17.5 Å². The highest BCUT2D eigenvalue weighted by molar-refractivity contribution is 5.76. The average Bonchev–Trinajstić information content (AvgIpc) is 2.67. The molecule has 4 rings (SSSR count). The first-order valence-corrected chi connectivity index (χ1v) is 7.78. The Bertz CT molecular complexity index is 1050.